The maximum atomic E-state index is 12.9. The van der Waals surface area contributed by atoms with Crippen molar-refractivity contribution in [1.82, 2.24) is 5.32 Å². The van der Waals surface area contributed by atoms with Crippen LogP contribution in [0.3, 0.4) is 0 Å². The minimum Gasteiger partial charge on any atom is -0.482 e. The number of hydrogen-bond acceptors (Lipinski definition) is 5. The molecular weight excluding hydrogens is 389 g/mol. The van der Waals surface area contributed by atoms with Crippen molar-refractivity contribution in [3.63, 3.8) is 0 Å². The number of rotatable bonds is 9. The van der Waals surface area contributed by atoms with Gasteiger partial charge in [0, 0.05) is 12.7 Å². The van der Waals surface area contributed by atoms with Gasteiger partial charge in [-0.05, 0) is 57.0 Å². The van der Waals surface area contributed by atoms with Crippen molar-refractivity contribution in [1.29, 1.82) is 0 Å². The first-order valence-corrected chi connectivity index (χ1v) is 11.7. The van der Waals surface area contributed by atoms with Crippen molar-refractivity contribution in [3.05, 3.63) is 60.2 Å². The van der Waals surface area contributed by atoms with Crippen LogP contribution in [0.4, 0.5) is 4.79 Å². The van der Waals surface area contributed by atoms with Gasteiger partial charge in [-0.3, -0.25) is 4.57 Å². The van der Waals surface area contributed by atoms with Gasteiger partial charge in [0.2, 0.25) is 0 Å². The molecule has 0 aromatic heterocycles. The van der Waals surface area contributed by atoms with Gasteiger partial charge in [0.15, 0.2) is 6.35 Å². The standard InChI is InChI=1S/C22H30NO5P/c1-5-29(25,28-20-9-7-6-8-10-20)17-26-19-13-11-18(12-14-19)15-16-23-21(24)27-22(2,3)4/h6-14H,5,15-17H2,1-4H3,(H,23,24). The van der Waals surface area contributed by atoms with Gasteiger partial charge >= 0.3 is 6.09 Å². The monoisotopic (exact) mass is 419 g/mol. The minimum absolute atomic E-state index is 0.0118. The third-order valence-corrected chi connectivity index (χ3v) is 5.96. The van der Waals surface area contributed by atoms with Crippen LogP contribution in [0.15, 0.2) is 54.6 Å². The summed E-state index contributed by atoms with van der Waals surface area (Å²) in [6.45, 7) is 7.79. The average molecular weight is 419 g/mol. The van der Waals surface area contributed by atoms with Crippen LogP contribution in [0.2, 0.25) is 0 Å². The quantitative estimate of drug-likeness (QED) is 0.546. The maximum absolute atomic E-state index is 12.9. The normalized spacial score (nSPS) is 13.2. The van der Waals surface area contributed by atoms with E-state index >= 15 is 0 Å². The van der Waals surface area contributed by atoms with E-state index in [1.807, 2.05) is 70.2 Å². The zero-order valence-electron chi connectivity index (χ0n) is 17.5. The number of para-hydroxylation sites is 1. The Morgan fingerprint density at radius 2 is 1.66 bits per heavy atom. The number of ether oxygens (including phenoxy) is 2. The van der Waals surface area contributed by atoms with E-state index in [2.05, 4.69) is 5.32 Å². The molecule has 0 saturated heterocycles. The Labute approximate surface area is 173 Å². The molecule has 7 heteroatoms. The molecule has 158 valence electrons. The van der Waals surface area contributed by atoms with Gasteiger partial charge in [0.05, 0.1) is 0 Å². The molecule has 0 fully saturated rings. The highest BCUT2D eigenvalue weighted by atomic mass is 31.2. The largest absolute Gasteiger partial charge is 0.482 e. The Morgan fingerprint density at radius 1 is 1.00 bits per heavy atom. The van der Waals surface area contributed by atoms with Crippen molar-refractivity contribution < 1.29 is 23.4 Å². The SMILES string of the molecule is CCP(=O)(COc1ccc(CCNC(=O)OC(C)(C)C)cc1)Oc1ccccc1. The van der Waals surface area contributed by atoms with Crippen LogP contribution in [0.25, 0.3) is 0 Å². The van der Waals surface area contributed by atoms with Gasteiger partial charge < -0.3 is 19.3 Å². The van der Waals surface area contributed by atoms with Crippen LogP contribution >= 0.6 is 7.37 Å². The van der Waals surface area contributed by atoms with Crippen molar-refractivity contribution in [3.8, 4) is 11.5 Å². The van der Waals surface area contributed by atoms with Crippen LogP contribution < -0.4 is 14.6 Å². The third-order valence-electron chi connectivity index (χ3n) is 3.93. The van der Waals surface area contributed by atoms with Crippen LogP contribution in [0, 0.1) is 0 Å². The topological polar surface area (TPSA) is 73.9 Å². The molecule has 2 aromatic carbocycles. The highest BCUT2D eigenvalue weighted by Gasteiger charge is 2.23. The van der Waals surface area contributed by atoms with E-state index in [1.54, 1.807) is 12.1 Å². The fourth-order valence-corrected chi connectivity index (χ4v) is 3.62. The summed E-state index contributed by atoms with van der Waals surface area (Å²) in [4.78, 5) is 11.6. The van der Waals surface area contributed by atoms with Crippen LogP contribution in [-0.2, 0) is 15.7 Å². The summed E-state index contributed by atoms with van der Waals surface area (Å²) < 4.78 is 29.5. The van der Waals surface area contributed by atoms with Gasteiger partial charge in [-0.15, -0.1) is 0 Å². The van der Waals surface area contributed by atoms with Gasteiger partial charge in [0.25, 0.3) is 7.37 Å². The fraction of sp³-hybridized carbons (Fsp3) is 0.409. The van der Waals surface area contributed by atoms with E-state index in [0.29, 0.717) is 30.6 Å². The van der Waals surface area contributed by atoms with Gasteiger partial charge in [0.1, 0.15) is 17.1 Å². The average Bonchev–Trinajstić information content (AvgIpc) is 2.67. The highest BCUT2D eigenvalue weighted by Crippen LogP contribution is 2.46. The molecule has 1 amide bonds. The molecule has 1 unspecified atom stereocenters. The van der Waals surface area contributed by atoms with E-state index < -0.39 is 19.1 Å². The lowest BCUT2D eigenvalue weighted by molar-refractivity contribution is 0.0528. The molecular formula is C22H30NO5P. The second-order valence-corrected chi connectivity index (χ2v) is 10.3. The zero-order valence-corrected chi connectivity index (χ0v) is 18.4. The lowest BCUT2D eigenvalue weighted by Crippen LogP contribution is -2.33. The molecule has 0 spiro atoms. The van der Waals surface area contributed by atoms with E-state index in [0.717, 1.165) is 5.56 Å². The first kappa shape index (κ1) is 22.8. The summed E-state index contributed by atoms with van der Waals surface area (Å²) in [5, 5.41) is 2.73. The molecule has 0 bridgehead atoms. The number of alkyl carbamates (subject to hydrolysis) is 1. The predicted molar refractivity (Wildman–Crippen MR) is 115 cm³/mol. The van der Waals surface area contributed by atoms with Crippen LogP contribution in [0.5, 0.6) is 11.5 Å². The number of nitrogens with one attached hydrogen (secondary N) is 1. The van der Waals surface area contributed by atoms with E-state index in [4.69, 9.17) is 14.0 Å². The Morgan fingerprint density at radius 3 is 2.24 bits per heavy atom. The highest BCUT2D eigenvalue weighted by molar-refractivity contribution is 7.59. The first-order valence-electron chi connectivity index (χ1n) is 9.70. The summed E-state index contributed by atoms with van der Waals surface area (Å²) in [6.07, 6.45) is 0.643. The Balaban J connectivity index is 1.80. The van der Waals surface area contributed by atoms with Gasteiger partial charge in [-0.25, -0.2) is 4.79 Å². The number of amides is 1. The third kappa shape index (κ3) is 8.61. The van der Waals surface area contributed by atoms with E-state index in [-0.39, 0.29) is 6.35 Å². The van der Waals surface area contributed by atoms with E-state index in [1.165, 1.54) is 0 Å². The second-order valence-electron chi connectivity index (χ2n) is 7.63. The number of hydrogen-bond donors (Lipinski definition) is 1. The number of carbonyl (C=O) groups excluding carboxylic acids is 1. The van der Waals surface area contributed by atoms with Crippen molar-refractivity contribution in [2.24, 2.45) is 0 Å². The lowest BCUT2D eigenvalue weighted by atomic mass is 10.1. The minimum atomic E-state index is -2.93. The summed E-state index contributed by atoms with van der Waals surface area (Å²) >= 11 is 0. The molecule has 2 rings (SSSR count). The summed E-state index contributed by atoms with van der Waals surface area (Å²) in [7, 11) is -2.93. The molecule has 29 heavy (non-hydrogen) atoms. The Hall–Kier alpha value is -2.46. The molecule has 0 aliphatic carbocycles. The fourth-order valence-electron chi connectivity index (χ4n) is 2.40. The zero-order chi connectivity index (χ0) is 21.3. The van der Waals surface area contributed by atoms with Gasteiger partial charge in [-0.1, -0.05) is 37.3 Å². The van der Waals surface area contributed by atoms with Crippen molar-refractivity contribution in [2.45, 2.75) is 39.7 Å². The molecule has 1 N–H and O–H groups in total. The first-order chi connectivity index (χ1) is 13.7. The predicted octanol–water partition coefficient (Wildman–Crippen LogP) is 5.47. The maximum Gasteiger partial charge on any atom is 0.407 e. The Bertz CT molecular complexity index is 815. The molecule has 0 aliphatic heterocycles. The lowest BCUT2D eigenvalue weighted by Gasteiger charge is -2.19. The second kappa shape index (κ2) is 10.4. The summed E-state index contributed by atoms with van der Waals surface area (Å²) in [5.41, 5.74) is 0.540. The smallest absolute Gasteiger partial charge is 0.407 e. The van der Waals surface area contributed by atoms with Gasteiger partial charge in [-0.2, -0.15) is 0 Å². The molecule has 0 saturated carbocycles. The van der Waals surface area contributed by atoms with Crippen molar-refractivity contribution in [2.75, 3.05) is 19.1 Å². The number of benzene rings is 2. The molecule has 6 nitrogen and oxygen atoms in total. The molecule has 1 atom stereocenters. The summed E-state index contributed by atoms with van der Waals surface area (Å²) in [6, 6.07) is 16.6. The molecule has 0 aliphatic rings. The molecule has 2 aromatic rings. The Kier molecular flexibility index (Phi) is 8.15. The van der Waals surface area contributed by atoms with Crippen LogP contribution in [-0.4, -0.2) is 30.7 Å². The summed E-state index contributed by atoms with van der Waals surface area (Å²) in [5.74, 6) is 1.20. The molecule has 0 radical (unpaired) electrons. The van der Waals surface area contributed by atoms with Crippen molar-refractivity contribution >= 4 is 13.5 Å². The van der Waals surface area contributed by atoms with E-state index in [9.17, 15) is 9.36 Å². The number of carbonyl (C=O) groups is 1. The molecule has 0 heterocycles. The van der Waals surface area contributed by atoms with Crippen LogP contribution in [0.1, 0.15) is 33.3 Å².